The second kappa shape index (κ2) is 7.10. The van der Waals surface area contributed by atoms with E-state index >= 15 is 0 Å². The number of carbonyl (C=O) groups excluding carboxylic acids is 1. The van der Waals surface area contributed by atoms with Crippen molar-refractivity contribution in [2.75, 3.05) is 20.4 Å². The SMILES string of the molecule is CSc1nnc(SCc2ccc(C(=O)N(C)C)cc2)s1. The maximum atomic E-state index is 11.8. The number of thioether (sulfide) groups is 2. The van der Waals surface area contributed by atoms with Crippen LogP contribution >= 0.6 is 34.9 Å². The fourth-order valence-corrected chi connectivity index (χ4v) is 3.88. The van der Waals surface area contributed by atoms with Crippen molar-refractivity contribution in [3.8, 4) is 0 Å². The predicted molar refractivity (Wildman–Crippen MR) is 85.7 cm³/mol. The van der Waals surface area contributed by atoms with Crippen LogP contribution in [-0.2, 0) is 5.75 Å². The molecule has 0 saturated heterocycles. The first-order valence-corrected chi connectivity index (χ1v) is 8.93. The molecule has 0 aliphatic heterocycles. The first kappa shape index (κ1) is 15.3. The Kier molecular flexibility index (Phi) is 5.45. The van der Waals surface area contributed by atoms with E-state index in [-0.39, 0.29) is 5.91 Å². The third-order valence-electron chi connectivity index (χ3n) is 2.53. The fraction of sp³-hybridized carbons (Fsp3) is 0.308. The Bertz CT molecular complexity index is 581. The van der Waals surface area contributed by atoms with E-state index in [0.717, 1.165) is 14.4 Å². The molecule has 0 aliphatic carbocycles. The number of benzene rings is 1. The van der Waals surface area contributed by atoms with Crippen LogP contribution < -0.4 is 0 Å². The van der Waals surface area contributed by atoms with Gasteiger partial charge in [-0.3, -0.25) is 4.79 Å². The molecule has 2 aromatic rings. The van der Waals surface area contributed by atoms with Crippen LogP contribution in [0, 0.1) is 0 Å². The average Bonchev–Trinajstić information content (AvgIpc) is 2.93. The summed E-state index contributed by atoms with van der Waals surface area (Å²) in [6.45, 7) is 0. The Morgan fingerprint density at radius 1 is 1.20 bits per heavy atom. The lowest BCUT2D eigenvalue weighted by atomic mass is 10.1. The van der Waals surface area contributed by atoms with Gasteiger partial charge < -0.3 is 4.90 Å². The first-order chi connectivity index (χ1) is 9.60. The van der Waals surface area contributed by atoms with Crippen LogP contribution in [0.5, 0.6) is 0 Å². The van der Waals surface area contributed by atoms with E-state index in [2.05, 4.69) is 10.2 Å². The summed E-state index contributed by atoms with van der Waals surface area (Å²) < 4.78 is 1.96. The molecule has 0 bridgehead atoms. The minimum atomic E-state index is 0.0259. The molecule has 0 N–H and O–H groups in total. The van der Waals surface area contributed by atoms with E-state index in [1.165, 1.54) is 5.56 Å². The highest BCUT2D eigenvalue weighted by Gasteiger charge is 2.08. The molecule has 1 heterocycles. The molecule has 1 aromatic carbocycles. The van der Waals surface area contributed by atoms with E-state index in [9.17, 15) is 4.79 Å². The third-order valence-corrected chi connectivity index (χ3v) is 5.64. The van der Waals surface area contributed by atoms with Gasteiger partial charge in [0.05, 0.1) is 0 Å². The smallest absolute Gasteiger partial charge is 0.253 e. The van der Waals surface area contributed by atoms with Crippen molar-refractivity contribution < 1.29 is 4.79 Å². The monoisotopic (exact) mass is 325 g/mol. The number of rotatable bonds is 5. The quantitative estimate of drug-likeness (QED) is 0.790. The molecule has 106 valence electrons. The van der Waals surface area contributed by atoms with Crippen molar-refractivity contribution in [2.45, 2.75) is 14.4 Å². The molecule has 0 radical (unpaired) electrons. The summed E-state index contributed by atoms with van der Waals surface area (Å²) in [7, 11) is 3.51. The van der Waals surface area contributed by atoms with Crippen LogP contribution in [0.3, 0.4) is 0 Å². The lowest BCUT2D eigenvalue weighted by Gasteiger charge is -2.10. The molecular formula is C13H15N3OS3. The molecule has 0 saturated carbocycles. The second-order valence-corrected chi connectivity index (χ2v) is 7.48. The van der Waals surface area contributed by atoms with Crippen LogP contribution in [0.4, 0.5) is 0 Å². The van der Waals surface area contributed by atoms with Crippen LogP contribution in [0.2, 0.25) is 0 Å². The Hall–Kier alpha value is -1.05. The molecule has 0 fully saturated rings. The van der Waals surface area contributed by atoms with E-state index in [1.807, 2.05) is 30.5 Å². The molecule has 20 heavy (non-hydrogen) atoms. The van der Waals surface area contributed by atoms with Gasteiger partial charge >= 0.3 is 0 Å². The van der Waals surface area contributed by atoms with E-state index in [4.69, 9.17) is 0 Å². The van der Waals surface area contributed by atoms with E-state index < -0.39 is 0 Å². The molecule has 0 spiro atoms. The highest BCUT2D eigenvalue weighted by Crippen LogP contribution is 2.29. The topological polar surface area (TPSA) is 46.1 Å². The van der Waals surface area contributed by atoms with Gasteiger partial charge in [0.2, 0.25) is 0 Å². The number of aromatic nitrogens is 2. The van der Waals surface area contributed by atoms with Crippen molar-refractivity contribution in [2.24, 2.45) is 0 Å². The molecule has 2 rings (SSSR count). The zero-order valence-electron chi connectivity index (χ0n) is 11.5. The summed E-state index contributed by atoms with van der Waals surface area (Å²) in [5, 5.41) is 8.19. The maximum Gasteiger partial charge on any atom is 0.253 e. The predicted octanol–water partition coefficient (Wildman–Crippen LogP) is 3.25. The molecule has 0 unspecified atom stereocenters. The lowest BCUT2D eigenvalue weighted by Crippen LogP contribution is -2.21. The Morgan fingerprint density at radius 2 is 1.85 bits per heavy atom. The molecule has 4 nitrogen and oxygen atoms in total. The number of carbonyl (C=O) groups is 1. The van der Waals surface area contributed by atoms with Crippen molar-refractivity contribution in [3.63, 3.8) is 0 Å². The number of hydrogen-bond donors (Lipinski definition) is 0. The van der Waals surface area contributed by atoms with Crippen molar-refractivity contribution in [1.82, 2.24) is 15.1 Å². The summed E-state index contributed by atoms with van der Waals surface area (Å²) in [4.78, 5) is 13.4. The largest absolute Gasteiger partial charge is 0.345 e. The maximum absolute atomic E-state index is 11.8. The second-order valence-electron chi connectivity index (χ2n) is 4.22. The van der Waals surface area contributed by atoms with Gasteiger partial charge in [-0.1, -0.05) is 47.0 Å². The molecule has 7 heteroatoms. The van der Waals surface area contributed by atoms with Gasteiger partial charge in [-0.25, -0.2) is 0 Å². The minimum absolute atomic E-state index is 0.0259. The summed E-state index contributed by atoms with van der Waals surface area (Å²) in [5.41, 5.74) is 1.88. The molecule has 0 aliphatic rings. The standard InChI is InChI=1S/C13H15N3OS3/c1-16(2)11(17)10-6-4-9(5-7-10)8-19-13-15-14-12(18-3)20-13/h4-7H,8H2,1-3H3. The Balaban J connectivity index is 1.95. The number of amides is 1. The minimum Gasteiger partial charge on any atom is -0.345 e. The molecule has 1 aromatic heterocycles. The summed E-state index contributed by atoms with van der Waals surface area (Å²) in [6, 6.07) is 7.71. The highest BCUT2D eigenvalue weighted by molar-refractivity contribution is 8.02. The number of nitrogens with zero attached hydrogens (tertiary/aromatic N) is 3. The van der Waals surface area contributed by atoms with Crippen LogP contribution in [0.1, 0.15) is 15.9 Å². The van der Waals surface area contributed by atoms with Gasteiger partial charge in [0.25, 0.3) is 5.91 Å². The highest BCUT2D eigenvalue weighted by atomic mass is 32.2. The van der Waals surface area contributed by atoms with Gasteiger partial charge in [0.1, 0.15) is 0 Å². The zero-order valence-corrected chi connectivity index (χ0v) is 13.9. The van der Waals surface area contributed by atoms with Crippen LogP contribution in [-0.4, -0.2) is 41.4 Å². The zero-order chi connectivity index (χ0) is 14.5. The van der Waals surface area contributed by atoms with Crippen LogP contribution in [0.25, 0.3) is 0 Å². The fourth-order valence-electron chi connectivity index (χ4n) is 1.48. The molecule has 0 atom stereocenters. The van der Waals surface area contributed by atoms with Crippen LogP contribution in [0.15, 0.2) is 32.9 Å². The van der Waals surface area contributed by atoms with E-state index in [0.29, 0.717) is 5.56 Å². The van der Waals surface area contributed by atoms with Gasteiger partial charge in [0, 0.05) is 25.4 Å². The van der Waals surface area contributed by atoms with Gasteiger partial charge in [-0.15, -0.1) is 10.2 Å². The number of hydrogen-bond acceptors (Lipinski definition) is 6. The lowest BCUT2D eigenvalue weighted by molar-refractivity contribution is 0.0827. The normalized spacial score (nSPS) is 10.6. The van der Waals surface area contributed by atoms with Crippen molar-refractivity contribution in [3.05, 3.63) is 35.4 Å². The molecule has 1 amide bonds. The summed E-state index contributed by atoms with van der Waals surface area (Å²) in [6.07, 6.45) is 2.00. The van der Waals surface area contributed by atoms with Crippen molar-refractivity contribution >= 4 is 40.8 Å². The average molecular weight is 325 g/mol. The third kappa shape index (κ3) is 3.97. The Labute approximate surface area is 131 Å². The summed E-state index contributed by atoms with van der Waals surface area (Å²) in [5.74, 6) is 0.859. The first-order valence-electron chi connectivity index (χ1n) is 5.91. The summed E-state index contributed by atoms with van der Waals surface area (Å²) >= 11 is 4.88. The van der Waals surface area contributed by atoms with Gasteiger partial charge in [0.15, 0.2) is 8.68 Å². The van der Waals surface area contributed by atoms with Crippen molar-refractivity contribution in [1.29, 1.82) is 0 Å². The van der Waals surface area contributed by atoms with Gasteiger partial charge in [-0.05, 0) is 24.0 Å². The Morgan fingerprint density at radius 3 is 2.40 bits per heavy atom. The molecular weight excluding hydrogens is 310 g/mol. The van der Waals surface area contributed by atoms with Gasteiger partial charge in [-0.2, -0.15) is 0 Å². The van der Waals surface area contributed by atoms with E-state index in [1.54, 1.807) is 53.9 Å².